The third-order valence-corrected chi connectivity index (χ3v) is 2.62. The molecule has 0 aromatic carbocycles. The van der Waals surface area contributed by atoms with Gasteiger partial charge >= 0.3 is 0 Å². The summed E-state index contributed by atoms with van der Waals surface area (Å²) in [7, 11) is 1.70. The van der Waals surface area contributed by atoms with E-state index in [1.54, 1.807) is 12.0 Å². The number of aliphatic hydroxyl groups is 1. The van der Waals surface area contributed by atoms with Crippen LogP contribution in [0.15, 0.2) is 0 Å². The minimum absolute atomic E-state index is 0.179. The molecule has 13 heavy (non-hydrogen) atoms. The van der Waals surface area contributed by atoms with Crippen molar-refractivity contribution in [3.8, 4) is 0 Å². The number of hydrogen-bond donors (Lipinski definition) is 1. The van der Waals surface area contributed by atoms with Gasteiger partial charge in [0.05, 0.1) is 6.10 Å². The lowest BCUT2D eigenvalue weighted by molar-refractivity contribution is -0.139. The third kappa shape index (κ3) is 2.42. The van der Waals surface area contributed by atoms with Crippen molar-refractivity contribution in [2.24, 2.45) is 0 Å². The van der Waals surface area contributed by atoms with Gasteiger partial charge in [0.1, 0.15) is 6.61 Å². The van der Waals surface area contributed by atoms with Crippen LogP contribution in [-0.4, -0.2) is 48.3 Å². The summed E-state index contributed by atoms with van der Waals surface area (Å²) in [5.74, 6) is -0.179. The van der Waals surface area contributed by atoms with Gasteiger partial charge in [-0.05, 0) is 19.8 Å². The van der Waals surface area contributed by atoms with E-state index in [1.807, 2.05) is 6.92 Å². The van der Waals surface area contributed by atoms with Crippen molar-refractivity contribution in [1.82, 2.24) is 4.90 Å². The minimum Gasteiger partial charge on any atom is -0.387 e. The average molecular weight is 187 g/mol. The summed E-state index contributed by atoms with van der Waals surface area (Å²) in [6.07, 6.45) is 1.99. The first-order chi connectivity index (χ1) is 6.19. The predicted molar refractivity (Wildman–Crippen MR) is 48.3 cm³/mol. The molecule has 1 heterocycles. The van der Waals surface area contributed by atoms with Crippen molar-refractivity contribution in [2.45, 2.75) is 31.9 Å². The highest BCUT2D eigenvalue weighted by Crippen LogP contribution is 2.18. The van der Waals surface area contributed by atoms with Crippen molar-refractivity contribution in [3.63, 3.8) is 0 Å². The summed E-state index contributed by atoms with van der Waals surface area (Å²) in [5, 5.41) is 8.71. The van der Waals surface area contributed by atoms with E-state index in [2.05, 4.69) is 0 Å². The van der Waals surface area contributed by atoms with Gasteiger partial charge in [0.2, 0.25) is 5.91 Å². The quantitative estimate of drug-likeness (QED) is 0.662. The molecule has 1 N–H and O–H groups in total. The van der Waals surface area contributed by atoms with Gasteiger partial charge in [0, 0.05) is 19.7 Å². The average Bonchev–Trinajstić information content (AvgIpc) is 2.16. The van der Waals surface area contributed by atoms with E-state index in [4.69, 9.17) is 9.84 Å². The maximum Gasteiger partial charge on any atom is 0.248 e. The largest absolute Gasteiger partial charge is 0.387 e. The molecule has 0 unspecified atom stereocenters. The number of methoxy groups -OCH3 is 1. The lowest BCUT2D eigenvalue weighted by atomic mass is 10.0. The first-order valence-electron chi connectivity index (χ1n) is 4.62. The molecular weight excluding hydrogens is 170 g/mol. The second-order valence-corrected chi connectivity index (χ2v) is 3.48. The second kappa shape index (κ2) is 4.58. The molecule has 0 radical (unpaired) electrons. The molecule has 1 rings (SSSR count). The summed E-state index contributed by atoms with van der Waals surface area (Å²) >= 11 is 0. The zero-order valence-corrected chi connectivity index (χ0v) is 8.19. The Morgan fingerprint density at radius 2 is 2.38 bits per heavy atom. The molecule has 1 aliphatic heterocycles. The Kier molecular flexibility index (Phi) is 3.69. The maximum atomic E-state index is 11.2. The normalized spacial score (nSPS) is 29.0. The summed E-state index contributed by atoms with van der Waals surface area (Å²) in [6.45, 7) is 2.29. The van der Waals surface area contributed by atoms with Crippen LogP contribution in [0.1, 0.15) is 19.8 Å². The fraction of sp³-hybridized carbons (Fsp3) is 0.889. The first-order valence-corrected chi connectivity index (χ1v) is 4.62. The summed E-state index contributed by atoms with van der Waals surface area (Å²) in [6, 6.07) is 0.179. The molecule has 76 valence electrons. The van der Waals surface area contributed by atoms with E-state index in [0.717, 1.165) is 12.8 Å². The number of hydrogen-bond acceptors (Lipinski definition) is 3. The number of piperidine rings is 1. The number of amides is 1. The van der Waals surface area contributed by atoms with Crippen LogP contribution in [0.3, 0.4) is 0 Å². The van der Waals surface area contributed by atoms with Crippen LogP contribution in [0.25, 0.3) is 0 Å². The van der Waals surface area contributed by atoms with Crippen molar-refractivity contribution < 1.29 is 14.6 Å². The van der Waals surface area contributed by atoms with Gasteiger partial charge in [-0.25, -0.2) is 0 Å². The van der Waals surface area contributed by atoms with Crippen molar-refractivity contribution >= 4 is 5.91 Å². The zero-order chi connectivity index (χ0) is 9.84. The van der Waals surface area contributed by atoms with Gasteiger partial charge in [-0.2, -0.15) is 0 Å². The highest BCUT2D eigenvalue weighted by atomic mass is 16.5. The third-order valence-electron chi connectivity index (χ3n) is 2.62. The number of ether oxygens (including phenoxy) is 1. The summed E-state index contributed by atoms with van der Waals surface area (Å²) in [4.78, 5) is 12.9. The molecule has 2 atom stereocenters. The summed E-state index contributed by atoms with van der Waals surface area (Å²) < 4.78 is 5.22. The van der Waals surface area contributed by atoms with Crippen LogP contribution in [0.4, 0.5) is 0 Å². The molecule has 0 spiro atoms. The Labute approximate surface area is 78.5 Å². The number of nitrogens with zero attached hydrogens (tertiary/aromatic N) is 1. The van der Waals surface area contributed by atoms with Crippen LogP contribution in [0.5, 0.6) is 0 Å². The monoisotopic (exact) mass is 187 g/mol. The Bertz CT molecular complexity index is 184. The van der Waals surface area contributed by atoms with E-state index in [-0.39, 0.29) is 24.7 Å². The van der Waals surface area contributed by atoms with Crippen LogP contribution in [-0.2, 0) is 9.53 Å². The van der Waals surface area contributed by atoms with Crippen molar-refractivity contribution in [1.29, 1.82) is 0 Å². The standard InChI is InChI=1S/C9H17NO3/c1-7-5-8(13-2)3-4-10(7)9(12)6-11/h7-8,11H,3-6H2,1-2H3/t7-,8-/m1/s1. The molecule has 4 heteroatoms. The van der Waals surface area contributed by atoms with Gasteiger partial charge in [-0.15, -0.1) is 0 Å². The van der Waals surface area contributed by atoms with Crippen LogP contribution >= 0.6 is 0 Å². The molecule has 0 aliphatic carbocycles. The van der Waals surface area contributed by atoms with Crippen molar-refractivity contribution in [2.75, 3.05) is 20.3 Å². The van der Waals surface area contributed by atoms with E-state index < -0.39 is 0 Å². The van der Waals surface area contributed by atoms with Gasteiger partial charge < -0.3 is 14.7 Å². The van der Waals surface area contributed by atoms with Crippen LogP contribution < -0.4 is 0 Å². The van der Waals surface area contributed by atoms with E-state index in [0.29, 0.717) is 6.54 Å². The van der Waals surface area contributed by atoms with E-state index in [1.165, 1.54) is 0 Å². The number of carbonyl (C=O) groups is 1. The molecule has 0 saturated carbocycles. The fourth-order valence-corrected chi connectivity index (χ4v) is 1.80. The molecule has 0 bridgehead atoms. The van der Waals surface area contributed by atoms with E-state index in [9.17, 15) is 4.79 Å². The Morgan fingerprint density at radius 1 is 1.69 bits per heavy atom. The van der Waals surface area contributed by atoms with Crippen LogP contribution in [0.2, 0.25) is 0 Å². The van der Waals surface area contributed by atoms with Gasteiger partial charge in [-0.3, -0.25) is 4.79 Å². The zero-order valence-electron chi connectivity index (χ0n) is 8.19. The number of carbonyl (C=O) groups excluding carboxylic acids is 1. The number of aliphatic hydroxyl groups excluding tert-OH is 1. The molecule has 0 aromatic rings. The summed E-state index contributed by atoms with van der Waals surface area (Å²) in [5.41, 5.74) is 0. The van der Waals surface area contributed by atoms with E-state index >= 15 is 0 Å². The SMILES string of the molecule is CO[C@@H]1CCN(C(=O)CO)[C@H](C)C1. The maximum absolute atomic E-state index is 11.2. The van der Waals surface area contributed by atoms with Gasteiger partial charge in [-0.1, -0.05) is 0 Å². The molecule has 1 fully saturated rings. The second-order valence-electron chi connectivity index (χ2n) is 3.48. The Morgan fingerprint density at radius 3 is 2.85 bits per heavy atom. The lowest BCUT2D eigenvalue weighted by Crippen LogP contribution is -2.47. The Balaban J connectivity index is 2.48. The van der Waals surface area contributed by atoms with Gasteiger partial charge in [0.15, 0.2) is 0 Å². The molecule has 1 amide bonds. The molecular formula is C9H17NO3. The molecule has 0 aromatic heterocycles. The molecule has 4 nitrogen and oxygen atoms in total. The highest BCUT2D eigenvalue weighted by Gasteiger charge is 2.27. The predicted octanol–water partition coefficient (Wildman–Crippen LogP) is 0.00460. The highest BCUT2D eigenvalue weighted by molar-refractivity contribution is 5.77. The first kappa shape index (κ1) is 10.5. The number of rotatable bonds is 2. The smallest absolute Gasteiger partial charge is 0.248 e. The minimum atomic E-state index is -0.387. The molecule has 1 aliphatic rings. The van der Waals surface area contributed by atoms with Gasteiger partial charge in [0.25, 0.3) is 0 Å². The topological polar surface area (TPSA) is 49.8 Å². The Hall–Kier alpha value is -0.610. The lowest BCUT2D eigenvalue weighted by Gasteiger charge is -2.36. The molecule has 1 saturated heterocycles. The fourth-order valence-electron chi connectivity index (χ4n) is 1.80. The van der Waals surface area contributed by atoms with Crippen molar-refractivity contribution in [3.05, 3.63) is 0 Å². The van der Waals surface area contributed by atoms with Crippen LogP contribution in [0, 0.1) is 0 Å². The number of likely N-dealkylation sites (tertiary alicyclic amines) is 1.